The lowest BCUT2D eigenvalue weighted by atomic mass is 9.96. The first-order chi connectivity index (χ1) is 33.4. The first-order valence-corrected chi connectivity index (χ1v) is 28.1. The summed E-state index contributed by atoms with van der Waals surface area (Å²) in [5.74, 6) is 0.254. The number of unbranched alkanes of at least 4 members (excludes halogenated alkanes) is 16. The fourth-order valence-corrected chi connectivity index (χ4v) is 9.25. The quantitative estimate of drug-likeness (QED) is 0.0271. The van der Waals surface area contributed by atoms with Crippen LogP contribution in [0.5, 0.6) is 6.01 Å². The molecule has 3 N–H and O–H groups in total. The highest BCUT2D eigenvalue weighted by Gasteiger charge is 2.35. The number of rotatable bonds is 42. The van der Waals surface area contributed by atoms with Crippen LogP contribution in [0.3, 0.4) is 0 Å². The molecule has 2 aliphatic rings. The predicted octanol–water partition coefficient (Wildman–Crippen LogP) is 10.8. The zero-order valence-corrected chi connectivity index (χ0v) is 43.7. The molecule has 0 spiro atoms. The van der Waals surface area contributed by atoms with Gasteiger partial charge in [0.2, 0.25) is 5.91 Å². The van der Waals surface area contributed by atoms with Crippen LogP contribution in [0, 0.1) is 5.92 Å². The number of fused-ring (bicyclic) bond motifs is 1. The molecule has 69 heavy (non-hydrogen) atoms. The standard InChI is InChI=1S/C52H90N5O11P/c1-5-8-10-12-14-15-16-17-18-19-20-21-23-25-27-30-49(60)68-45(42-64-48(59)29-26-24-22-13-11-9-6-2)41-63-37-38-66-69(61,62)65-36-35-56-33-31-44(32-34-56)40-57-47(58)39-46-50(53)54-52(55-51(46)57)67-43(4)28-7-3/h6,17-18,43-45H,2,5,7-16,19-42H2,1,3-4H3,(H,61,62)(H2,53,54,55)/b18-17+/t43-,45-/m0/s1. The second-order valence-corrected chi connectivity index (χ2v) is 20.3. The van der Waals surface area contributed by atoms with Crippen LogP contribution in [0.15, 0.2) is 24.8 Å². The summed E-state index contributed by atoms with van der Waals surface area (Å²) in [5, 5.41) is 0. The maximum absolute atomic E-state index is 13.0. The topological polar surface area (TPSA) is 202 Å². The SMILES string of the molecule is C=CCCCCCCCC(=O)OC[C@H](COCCOP(=O)(O)OCCN1CCC(CN2C(=O)Cc3c(N)nc(O[C@@H](C)CCC)nc32)CC1)OC(=O)CCCCCCC/C=C/CCCCCCCC. The Kier molecular flexibility index (Phi) is 31.7. The van der Waals surface area contributed by atoms with Gasteiger partial charge in [-0.2, -0.15) is 9.97 Å². The lowest BCUT2D eigenvalue weighted by molar-refractivity contribution is -0.163. The van der Waals surface area contributed by atoms with Gasteiger partial charge in [-0.3, -0.25) is 28.3 Å². The zero-order chi connectivity index (χ0) is 50.0. The highest BCUT2D eigenvalue weighted by atomic mass is 31.2. The van der Waals surface area contributed by atoms with Crippen LogP contribution in [-0.4, -0.2) is 109 Å². The van der Waals surface area contributed by atoms with E-state index in [1.807, 2.05) is 13.0 Å². The normalized spacial score (nSPS) is 16.1. The van der Waals surface area contributed by atoms with Crippen LogP contribution in [0.25, 0.3) is 0 Å². The van der Waals surface area contributed by atoms with E-state index in [9.17, 15) is 23.8 Å². The molecule has 3 rings (SSSR count). The molecule has 0 saturated carbocycles. The first kappa shape index (κ1) is 59.9. The molecule has 0 aliphatic carbocycles. The van der Waals surface area contributed by atoms with Gasteiger partial charge in [0.15, 0.2) is 6.10 Å². The van der Waals surface area contributed by atoms with Crippen molar-refractivity contribution in [2.45, 2.75) is 200 Å². The summed E-state index contributed by atoms with van der Waals surface area (Å²) in [6.45, 7) is 11.9. The monoisotopic (exact) mass is 992 g/mol. The van der Waals surface area contributed by atoms with Crippen molar-refractivity contribution in [1.29, 1.82) is 0 Å². The molecule has 1 saturated heterocycles. The number of aromatic nitrogens is 2. The number of nitrogens with two attached hydrogens (primary N) is 1. The smallest absolute Gasteiger partial charge is 0.462 e. The molecule has 0 aromatic carbocycles. The molecule has 1 fully saturated rings. The van der Waals surface area contributed by atoms with Crippen LogP contribution < -0.4 is 15.4 Å². The molecule has 17 heteroatoms. The van der Waals surface area contributed by atoms with Crippen LogP contribution in [0.1, 0.15) is 187 Å². The van der Waals surface area contributed by atoms with E-state index in [-0.39, 0.29) is 94.0 Å². The average Bonchev–Trinajstić information content (AvgIpc) is 3.63. The van der Waals surface area contributed by atoms with E-state index >= 15 is 0 Å². The summed E-state index contributed by atoms with van der Waals surface area (Å²) in [7, 11) is -4.37. The summed E-state index contributed by atoms with van der Waals surface area (Å²) in [4.78, 5) is 61.4. The Morgan fingerprint density at radius 2 is 1.42 bits per heavy atom. The molecule has 1 unspecified atom stereocenters. The maximum atomic E-state index is 13.0. The number of carbonyl (C=O) groups excluding carboxylic acids is 3. The minimum absolute atomic E-state index is 0.0118. The van der Waals surface area contributed by atoms with Gasteiger partial charge in [0.25, 0.3) is 0 Å². The molecular weight excluding hydrogens is 902 g/mol. The number of hydrogen-bond donors (Lipinski definition) is 2. The van der Waals surface area contributed by atoms with E-state index in [0.717, 1.165) is 109 Å². The van der Waals surface area contributed by atoms with Gasteiger partial charge in [0, 0.05) is 31.5 Å². The zero-order valence-electron chi connectivity index (χ0n) is 42.8. The largest absolute Gasteiger partial charge is 0.472 e. The second-order valence-electron chi connectivity index (χ2n) is 18.8. The molecule has 394 valence electrons. The first-order valence-electron chi connectivity index (χ1n) is 26.6. The Morgan fingerprint density at radius 3 is 2.07 bits per heavy atom. The van der Waals surface area contributed by atoms with Crippen LogP contribution in [0.4, 0.5) is 11.6 Å². The third-order valence-electron chi connectivity index (χ3n) is 12.6. The van der Waals surface area contributed by atoms with E-state index in [4.69, 9.17) is 33.7 Å². The van der Waals surface area contributed by atoms with E-state index in [2.05, 4.69) is 47.4 Å². The fraction of sp³-hybridized carbons (Fsp3) is 0.788. The molecule has 16 nitrogen and oxygen atoms in total. The molecule has 0 radical (unpaired) electrons. The number of hydrogen-bond acceptors (Lipinski definition) is 14. The number of esters is 2. The number of phosphoric acid groups is 1. The molecular formula is C52H90N5O11P. The van der Waals surface area contributed by atoms with Crippen molar-refractivity contribution in [3.05, 3.63) is 30.4 Å². The summed E-state index contributed by atoms with van der Waals surface area (Å²) in [6.07, 6.45) is 30.9. The Bertz CT molecular complexity index is 1680. The van der Waals surface area contributed by atoms with Crippen molar-refractivity contribution >= 4 is 37.3 Å². The molecule has 1 amide bonds. The molecule has 1 aromatic heterocycles. The third kappa shape index (κ3) is 27.1. The number of likely N-dealkylation sites (tertiary alicyclic amines) is 1. The van der Waals surface area contributed by atoms with Crippen LogP contribution in [0.2, 0.25) is 0 Å². The highest BCUT2D eigenvalue weighted by molar-refractivity contribution is 7.47. The third-order valence-corrected chi connectivity index (χ3v) is 13.7. The number of piperidine rings is 1. The van der Waals surface area contributed by atoms with Gasteiger partial charge < -0.3 is 34.5 Å². The van der Waals surface area contributed by atoms with Gasteiger partial charge in [-0.1, -0.05) is 109 Å². The number of carbonyl (C=O) groups is 3. The van der Waals surface area contributed by atoms with Crippen molar-refractivity contribution in [2.75, 3.05) is 69.8 Å². The van der Waals surface area contributed by atoms with E-state index in [0.29, 0.717) is 30.9 Å². The minimum atomic E-state index is -4.37. The summed E-state index contributed by atoms with van der Waals surface area (Å²) < 4.78 is 45.8. The highest BCUT2D eigenvalue weighted by Crippen LogP contribution is 2.43. The van der Waals surface area contributed by atoms with Crippen LogP contribution >= 0.6 is 7.82 Å². The number of anilines is 2. The Hall–Kier alpha value is -3.40. The van der Waals surface area contributed by atoms with Crippen molar-refractivity contribution in [3.63, 3.8) is 0 Å². The maximum Gasteiger partial charge on any atom is 0.472 e. The van der Waals surface area contributed by atoms with Gasteiger partial charge >= 0.3 is 25.8 Å². The minimum Gasteiger partial charge on any atom is -0.462 e. The van der Waals surface area contributed by atoms with Gasteiger partial charge in [-0.05, 0) is 96.6 Å². The van der Waals surface area contributed by atoms with Gasteiger partial charge in [-0.15, -0.1) is 6.58 Å². The molecule has 1 aromatic rings. The number of ether oxygens (including phenoxy) is 4. The lowest BCUT2D eigenvalue weighted by Crippen LogP contribution is -2.41. The summed E-state index contributed by atoms with van der Waals surface area (Å²) >= 11 is 0. The van der Waals surface area contributed by atoms with Gasteiger partial charge in [0.1, 0.15) is 18.2 Å². The Labute approximate surface area is 414 Å². The Balaban J connectivity index is 1.32. The van der Waals surface area contributed by atoms with Crippen LogP contribution in [-0.2, 0) is 48.6 Å². The lowest BCUT2D eigenvalue weighted by Gasteiger charge is -2.33. The number of nitrogens with zero attached hydrogens (tertiary/aromatic N) is 4. The van der Waals surface area contributed by atoms with E-state index < -0.39 is 13.9 Å². The molecule has 3 atom stereocenters. The van der Waals surface area contributed by atoms with Crippen molar-refractivity contribution < 1.29 is 51.8 Å². The summed E-state index contributed by atoms with van der Waals surface area (Å²) in [5.41, 5.74) is 6.86. The number of nitrogen functional groups attached to an aromatic ring is 1. The molecule has 0 bridgehead atoms. The number of allylic oxidation sites excluding steroid dienone is 3. The van der Waals surface area contributed by atoms with Crippen molar-refractivity contribution in [1.82, 2.24) is 14.9 Å². The number of phosphoric ester groups is 1. The van der Waals surface area contributed by atoms with E-state index in [1.165, 1.54) is 44.9 Å². The van der Waals surface area contributed by atoms with Gasteiger partial charge in [0.05, 0.1) is 39.0 Å². The van der Waals surface area contributed by atoms with E-state index in [1.54, 1.807) is 4.90 Å². The average molecular weight is 992 g/mol. The van der Waals surface area contributed by atoms with Crippen molar-refractivity contribution in [2.24, 2.45) is 5.92 Å². The number of amides is 1. The Morgan fingerprint density at radius 1 is 0.812 bits per heavy atom. The summed E-state index contributed by atoms with van der Waals surface area (Å²) in [6, 6.07) is 0.187. The van der Waals surface area contributed by atoms with Gasteiger partial charge in [-0.25, -0.2) is 4.57 Å². The molecule has 3 heterocycles. The molecule has 2 aliphatic heterocycles. The fourth-order valence-electron chi connectivity index (χ4n) is 8.56. The van der Waals surface area contributed by atoms with Crippen molar-refractivity contribution in [3.8, 4) is 6.01 Å². The second kappa shape index (κ2) is 36.5. The predicted molar refractivity (Wildman–Crippen MR) is 272 cm³/mol.